The van der Waals surface area contributed by atoms with Gasteiger partial charge < -0.3 is 14.8 Å². The number of hydrogen-bond acceptors (Lipinski definition) is 6. The number of rotatable bonds is 6. The van der Waals surface area contributed by atoms with Gasteiger partial charge in [-0.25, -0.2) is 18.0 Å². The number of hydrogen-bond donors (Lipinski definition) is 1. The van der Waals surface area contributed by atoms with E-state index in [1.54, 1.807) is 20.8 Å². The fourth-order valence-corrected chi connectivity index (χ4v) is 2.87. The zero-order chi connectivity index (χ0) is 19.3. The second-order valence-electron chi connectivity index (χ2n) is 6.30. The van der Waals surface area contributed by atoms with Crippen molar-refractivity contribution < 1.29 is 27.5 Å². The molecule has 9 heteroatoms. The molecular formula is C16H24N2O6S. The van der Waals surface area contributed by atoms with E-state index in [2.05, 4.69) is 10.1 Å². The summed E-state index contributed by atoms with van der Waals surface area (Å²) in [5.74, 6) is -0.510. The van der Waals surface area contributed by atoms with Crippen LogP contribution in [0, 0.1) is 0 Å². The van der Waals surface area contributed by atoms with Gasteiger partial charge in [0.1, 0.15) is 5.60 Å². The third-order valence-corrected chi connectivity index (χ3v) is 4.15. The number of sulfonamides is 1. The lowest BCUT2D eigenvalue weighted by Crippen LogP contribution is -2.40. The Labute approximate surface area is 148 Å². The van der Waals surface area contributed by atoms with Gasteiger partial charge in [-0.1, -0.05) is 0 Å². The second kappa shape index (κ2) is 8.19. The normalized spacial score (nSPS) is 11.6. The van der Waals surface area contributed by atoms with E-state index in [0.29, 0.717) is 11.3 Å². The molecule has 0 fully saturated rings. The fourth-order valence-electron chi connectivity index (χ4n) is 1.94. The third kappa shape index (κ3) is 7.00. The fraction of sp³-hybridized carbons (Fsp3) is 0.500. The predicted molar refractivity (Wildman–Crippen MR) is 94.2 cm³/mol. The Balaban J connectivity index is 2.79. The Morgan fingerprint density at radius 2 is 1.72 bits per heavy atom. The lowest BCUT2D eigenvalue weighted by Gasteiger charge is -2.24. The first kappa shape index (κ1) is 20.8. The molecule has 1 aromatic carbocycles. The number of anilines is 1. The number of nitrogens with zero attached hydrogens (tertiary/aromatic N) is 1. The molecular weight excluding hydrogens is 348 g/mol. The Kier molecular flexibility index (Phi) is 6.80. The van der Waals surface area contributed by atoms with Gasteiger partial charge in [-0.2, -0.15) is 0 Å². The van der Waals surface area contributed by atoms with Gasteiger partial charge in [0, 0.05) is 6.54 Å². The molecule has 0 aliphatic carbocycles. The van der Waals surface area contributed by atoms with Crippen molar-refractivity contribution in [3.8, 4) is 0 Å². The maximum Gasteiger partial charge on any atom is 0.407 e. The molecule has 0 aliphatic heterocycles. The van der Waals surface area contributed by atoms with Crippen LogP contribution in [-0.2, 0) is 19.5 Å². The molecule has 0 atom stereocenters. The number of amides is 1. The predicted octanol–water partition coefficient (Wildman–Crippen LogP) is 1.76. The average molecular weight is 372 g/mol. The van der Waals surface area contributed by atoms with E-state index in [4.69, 9.17) is 4.74 Å². The minimum absolute atomic E-state index is 0.0235. The van der Waals surface area contributed by atoms with E-state index >= 15 is 0 Å². The summed E-state index contributed by atoms with van der Waals surface area (Å²) < 4.78 is 34.8. The maximum atomic E-state index is 12.0. The highest BCUT2D eigenvalue weighted by Gasteiger charge is 2.20. The second-order valence-corrected chi connectivity index (χ2v) is 8.21. The first-order valence-corrected chi connectivity index (χ1v) is 9.42. The monoisotopic (exact) mass is 372 g/mol. The molecule has 0 spiro atoms. The van der Waals surface area contributed by atoms with Crippen LogP contribution < -0.4 is 9.62 Å². The number of nitrogens with one attached hydrogen (secondary N) is 1. The molecule has 0 bridgehead atoms. The highest BCUT2D eigenvalue weighted by atomic mass is 32.2. The van der Waals surface area contributed by atoms with E-state index in [1.807, 2.05) is 0 Å². The summed E-state index contributed by atoms with van der Waals surface area (Å²) in [6.07, 6.45) is 0.441. The Morgan fingerprint density at radius 1 is 1.16 bits per heavy atom. The zero-order valence-electron chi connectivity index (χ0n) is 15.0. The zero-order valence-corrected chi connectivity index (χ0v) is 15.8. The van der Waals surface area contributed by atoms with Crippen LogP contribution in [0.5, 0.6) is 0 Å². The number of alkyl carbamates (subject to hydrolysis) is 1. The van der Waals surface area contributed by atoms with Crippen molar-refractivity contribution in [2.24, 2.45) is 0 Å². The number of esters is 1. The summed E-state index contributed by atoms with van der Waals surface area (Å²) in [6.45, 7) is 5.30. The molecule has 0 aliphatic rings. The van der Waals surface area contributed by atoms with E-state index in [-0.39, 0.29) is 13.1 Å². The first-order valence-electron chi connectivity index (χ1n) is 7.57. The van der Waals surface area contributed by atoms with Crippen molar-refractivity contribution in [3.05, 3.63) is 29.8 Å². The minimum atomic E-state index is -3.56. The van der Waals surface area contributed by atoms with Crippen molar-refractivity contribution in [1.29, 1.82) is 0 Å². The van der Waals surface area contributed by atoms with E-state index in [1.165, 1.54) is 31.4 Å². The Morgan fingerprint density at radius 3 is 2.16 bits per heavy atom. The SMILES string of the molecule is COC(=O)c1ccc(N(CCNC(=O)OC(C)(C)C)S(C)(=O)=O)cc1. The van der Waals surface area contributed by atoms with Crippen LogP contribution in [0.15, 0.2) is 24.3 Å². The van der Waals surface area contributed by atoms with Crippen LogP contribution in [0.25, 0.3) is 0 Å². The van der Waals surface area contributed by atoms with Crippen LogP contribution in [0.4, 0.5) is 10.5 Å². The molecule has 0 aromatic heterocycles. The number of methoxy groups -OCH3 is 1. The first-order chi connectivity index (χ1) is 11.4. The third-order valence-electron chi connectivity index (χ3n) is 2.96. The van der Waals surface area contributed by atoms with Gasteiger partial charge in [0.25, 0.3) is 0 Å². The van der Waals surface area contributed by atoms with Gasteiger partial charge in [0.05, 0.1) is 31.2 Å². The van der Waals surface area contributed by atoms with Crippen molar-refractivity contribution in [2.45, 2.75) is 26.4 Å². The van der Waals surface area contributed by atoms with Crippen molar-refractivity contribution in [3.63, 3.8) is 0 Å². The van der Waals surface area contributed by atoms with Crippen LogP contribution in [0.2, 0.25) is 0 Å². The largest absolute Gasteiger partial charge is 0.465 e. The molecule has 25 heavy (non-hydrogen) atoms. The summed E-state index contributed by atoms with van der Waals surface area (Å²) in [7, 11) is -2.30. The molecule has 1 N–H and O–H groups in total. The van der Waals surface area contributed by atoms with Gasteiger partial charge >= 0.3 is 12.1 Å². The smallest absolute Gasteiger partial charge is 0.407 e. The maximum absolute atomic E-state index is 12.0. The van der Waals surface area contributed by atoms with Crippen molar-refractivity contribution >= 4 is 27.8 Å². The summed E-state index contributed by atoms with van der Waals surface area (Å²) in [4.78, 5) is 23.1. The van der Waals surface area contributed by atoms with Gasteiger partial charge in [-0.05, 0) is 45.0 Å². The Hall–Kier alpha value is -2.29. The molecule has 0 radical (unpaired) electrons. The van der Waals surface area contributed by atoms with Crippen LogP contribution in [0.1, 0.15) is 31.1 Å². The molecule has 140 valence electrons. The number of carbonyl (C=O) groups is 2. The van der Waals surface area contributed by atoms with Crippen LogP contribution in [0.3, 0.4) is 0 Å². The van der Waals surface area contributed by atoms with Gasteiger partial charge in [0.15, 0.2) is 0 Å². The number of benzene rings is 1. The Bertz CT molecular complexity index is 707. The molecule has 0 heterocycles. The quantitative estimate of drug-likeness (QED) is 0.764. The minimum Gasteiger partial charge on any atom is -0.465 e. The number of carbonyl (C=O) groups excluding carboxylic acids is 2. The molecule has 1 rings (SSSR count). The standard InChI is InChI=1S/C16H24N2O6S/c1-16(2,3)24-15(20)17-10-11-18(25(5,21)22)13-8-6-12(7-9-13)14(19)23-4/h6-9H,10-11H2,1-5H3,(H,17,20). The van der Waals surface area contributed by atoms with Gasteiger partial charge in [-0.3, -0.25) is 4.31 Å². The van der Waals surface area contributed by atoms with E-state index in [0.717, 1.165) is 10.6 Å². The molecule has 0 unspecified atom stereocenters. The molecule has 8 nitrogen and oxygen atoms in total. The summed E-state index contributed by atoms with van der Waals surface area (Å²) in [5, 5.41) is 2.51. The van der Waals surface area contributed by atoms with E-state index in [9.17, 15) is 18.0 Å². The summed E-state index contributed by atoms with van der Waals surface area (Å²) in [6, 6.07) is 5.95. The van der Waals surface area contributed by atoms with E-state index < -0.39 is 27.7 Å². The molecule has 0 saturated heterocycles. The lowest BCUT2D eigenvalue weighted by molar-refractivity contribution is 0.0528. The summed E-state index contributed by atoms with van der Waals surface area (Å²) in [5.41, 5.74) is 0.0531. The highest BCUT2D eigenvalue weighted by molar-refractivity contribution is 7.92. The van der Waals surface area contributed by atoms with Gasteiger partial charge in [-0.15, -0.1) is 0 Å². The summed E-state index contributed by atoms with van der Waals surface area (Å²) >= 11 is 0. The highest BCUT2D eigenvalue weighted by Crippen LogP contribution is 2.18. The molecule has 1 amide bonds. The van der Waals surface area contributed by atoms with Crippen LogP contribution in [-0.4, -0.2) is 52.5 Å². The lowest BCUT2D eigenvalue weighted by atomic mass is 10.2. The topological polar surface area (TPSA) is 102 Å². The van der Waals surface area contributed by atoms with Crippen molar-refractivity contribution in [2.75, 3.05) is 30.8 Å². The number of ether oxygens (including phenoxy) is 2. The molecule has 0 saturated carbocycles. The van der Waals surface area contributed by atoms with Crippen molar-refractivity contribution in [1.82, 2.24) is 5.32 Å². The van der Waals surface area contributed by atoms with Crippen LogP contribution >= 0.6 is 0 Å². The van der Waals surface area contributed by atoms with Gasteiger partial charge in [0.2, 0.25) is 10.0 Å². The molecule has 1 aromatic rings. The average Bonchev–Trinajstić information content (AvgIpc) is 2.48.